The van der Waals surface area contributed by atoms with E-state index in [0.717, 1.165) is 17.1 Å². The first-order chi connectivity index (χ1) is 8.15. The lowest BCUT2D eigenvalue weighted by atomic mass is 10.1. The van der Waals surface area contributed by atoms with E-state index in [-0.39, 0.29) is 5.56 Å². The second-order valence-electron chi connectivity index (χ2n) is 3.71. The molecule has 2 rings (SSSR count). The molecule has 0 saturated carbocycles. The molecule has 0 radical (unpaired) electrons. The molecule has 1 heterocycles. The second-order valence-corrected chi connectivity index (χ2v) is 3.71. The molecule has 0 amide bonds. The third kappa shape index (κ3) is 2.84. The number of aromatic carboxylic acids is 1. The van der Waals surface area contributed by atoms with Crippen LogP contribution in [0.4, 0.5) is 0 Å². The van der Waals surface area contributed by atoms with E-state index < -0.39 is 5.97 Å². The number of carboxylic acid groups (broad SMARTS) is 1. The lowest BCUT2D eigenvalue weighted by molar-refractivity contribution is 0.0697. The fourth-order valence-electron chi connectivity index (χ4n) is 1.46. The van der Waals surface area contributed by atoms with Crippen molar-refractivity contribution in [2.45, 2.75) is 6.92 Å². The number of hydrogen-bond donors (Lipinski definition) is 1. The van der Waals surface area contributed by atoms with Crippen LogP contribution in [0, 0.1) is 6.92 Å². The Bertz CT molecular complexity index is 547. The minimum Gasteiger partial charge on any atom is -0.478 e. The Morgan fingerprint density at radius 3 is 2.35 bits per heavy atom. The largest absolute Gasteiger partial charge is 0.478 e. The monoisotopic (exact) mass is 228 g/mol. The summed E-state index contributed by atoms with van der Waals surface area (Å²) in [5.74, 6) is 0.734. The summed E-state index contributed by atoms with van der Waals surface area (Å²) >= 11 is 0. The van der Waals surface area contributed by atoms with Gasteiger partial charge in [-0.3, -0.25) is 0 Å². The van der Waals surface area contributed by atoms with Gasteiger partial charge in [0.15, 0.2) is 0 Å². The maximum atomic E-state index is 10.7. The van der Waals surface area contributed by atoms with Gasteiger partial charge in [0.25, 0.3) is 0 Å². The van der Waals surface area contributed by atoms with Crippen LogP contribution >= 0.6 is 0 Å². The smallest absolute Gasteiger partial charge is 0.335 e. The van der Waals surface area contributed by atoms with Gasteiger partial charge in [-0.25, -0.2) is 4.79 Å². The molecule has 0 spiro atoms. The van der Waals surface area contributed by atoms with E-state index >= 15 is 0 Å². The fraction of sp³-hybridized carbons (Fsp3) is 0.0714. The number of carbonyl (C=O) groups is 1. The third-order valence-electron chi connectivity index (χ3n) is 2.36. The van der Waals surface area contributed by atoms with Crippen molar-refractivity contribution in [2.24, 2.45) is 0 Å². The van der Waals surface area contributed by atoms with Gasteiger partial charge >= 0.3 is 5.97 Å². The average Bonchev–Trinajstić information content (AvgIpc) is 2.73. The lowest BCUT2D eigenvalue weighted by Crippen LogP contribution is -1.94. The first-order valence-corrected chi connectivity index (χ1v) is 5.23. The zero-order chi connectivity index (χ0) is 12.3. The van der Waals surface area contributed by atoms with Gasteiger partial charge in [-0.15, -0.1) is 0 Å². The minimum absolute atomic E-state index is 0.288. The van der Waals surface area contributed by atoms with Crippen molar-refractivity contribution < 1.29 is 14.3 Å². The Morgan fingerprint density at radius 2 is 1.82 bits per heavy atom. The molecule has 0 bridgehead atoms. The summed E-state index contributed by atoms with van der Waals surface area (Å²) in [5.41, 5.74) is 1.22. The molecule has 1 aromatic carbocycles. The van der Waals surface area contributed by atoms with Gasteiger partial charge in [0.05, 0.1) is 5.56 Å². The van der Waals surface area contributed by atoms with Crippen molar-refractivity contribution in [2.75, 3.05) is 0 Å². The number of furan rings is 1. The Kier molecular flexibility index (Phi) is 3.10. The van der Waals surface area contributed by atoms with Crippen molar-refractivity contribution in [3.63, 3.8) is 0 Å². The van der Waals surface area contributed by atoms with Crippen molar-refractivity contribution in [1.29, 1.82) is 0 Å². The van der Waals surface area contributed by atoms with Crippen LogP contribution < -0.4 is 0 Å². The lowest BCUT2D eigenvalue weighted by Gasteiger charge is -1.95. The standard InChI is InChI=1S/C14H12O3/c1-10-2-8-13(17-10)9-5-11-3-6-12(7-4-11)14(15)16/h2-9H,1H3,(H,15,16)/b9-5+. The zero-order valence-corrected chi connectivity index (χ0v) is 9.38. The quantitative estimate of drug-likeness (QED) is 0.875. The summed E-state index contributed by atoms with van der Waals surface area (Å²) in [5, 5.41) is 8.75. The first-order valence-electron chi connectivity index (χ1n) is 5.23. The average molecular weight is 228 g/mol. The Balaban J connectivity index is 2.13. The zero-order valence-electron chi connectivity index (χ0n) is 9.38. The van der Waals surface area contributed by atoms with Gasteiger partial charge < -0.3 is 9.52 Å². The maximum absolute atomic E-state index is 10.7. The molecule has 0 saturated heterocycles. The number of hydrogen-bond acceptors (Lipinski definition) is 2. The van der Waals surface area contributed by atoms with E-state index in [4.69, 9.17) is 9.52 Å². The molecule has 1 aromatic heterocycles. The molecule has 17 heavy (non-hydrogen) atoms. The van der Waals surface area contributed by atoms with Crippen molar-refractivity contribution >= 4 is 18.1 Å². The van der Waals surface area contributed by atoms with Crippen molar-refractivity contribution in [3.8, 4) is 0 Å². The van der Waals surface area contributed by atoms with E-state index in [1.807, 2.05) is 31.2 Å². The first kappa shape index (κ1) is 11.2. The summed E-state index contributed by atoms with van der Waals surface area (Å²) in [7, 11) is 0. The number of carboxylic acids is 1. The van der Waals surface area contributed by atoms with Gasteiger partial charge in [-0.2, -0.15) is 0 Å². The Hall–Kier alpha value is -2.29. The third-order valence-corrected chi connectivity index (χ3v) is 2.36. The van der Waals surface area contributed by atoms with Gasteiger partial charge in [0, 0.05) is 0 Å². The van der Waals surface area contributed by atoms with Crippen LogP contribution in [0.1, 0.15) is 27.4 Å². The molecule has 0 aliphatic carbocycles. The predicted molar refractivity (Wildman–Crippen MR) is 65.8 cm³/mol. The minimum atomic E-state index is -0.915. The molecule has 2 aromatic rings. The molecule has 0 fully saturated rings. The van der Waals surface area contributed by atoms with E-state index in [2.05, 4.69) is 0 Å². The topological polar surface area (TPSA) is 50.4 Å². The Labute approximate surface area is 99.0 Å². The molecular weight excluding hydrogens is 216 g/mol. The summed E-state index contributed by atoms with van der Waals surface area (Å²) < 4.78 is 5.39. The van der Waals surface area contributed by atoms with Gasteiger partial charge in [0.2, 0.25) is 0 Å². The van der Waals surface area contributed by atoms with Crippen LogP contribution in [0.5, 0.6) is 0 Å². The number of benzene rings is 1. The summed E-state index contributed by atoms with van der Waals surface area (Å²) in [6.07, 6.45) is 3.73. The predicted octanol–water partition coefficient (Wildman–Crippen LogP) is 3.46. The summed E-state index contributed by atoms with van der Waals surface area (Å²) in [6.45, 7) is 1.89. The molecule has 0 aliphatic rings. The molecule has 0 aliphatic heterocycles. The van der Waals surface area contributed by atoms with Crippen LogP contribution in [0.2, 0.25) is 0 Å². The summed E-state index contributed by atoms with van der Waals surface area (Å²) in [4.78, 5) is 10.7. The number of aryl methyl sites for hydroxylation is 1. The number of rotatable bonds is 3. The van der Waals surface area contributed by atoms with E-state index in [1.54, 1.807) is 24.3 Å². The molecule has 86 valence electrons. The van der Waals surface area contributed by atoms with Crippen LogP contribution in [0.25, 0.3) is 12.2 Å². The highest BCUT2D eigenvalue weighted by molar-refractivity contribution is 5.88. The maximum Gasteiger partial charge on any atom is 0.335 e. The van der Waals surface area contributed by atoms with Crippen LogP contribution in [-0.4, -0.2) is 11.1 Å². The van der Waals surface area contributed by atoms with Gasteiger partial charge in [-0.1, -0.05) is 18.2 Å². The fourth-order valence-corrected chi connectivity index (χ4v) is 1.46. The molecule has 0 atom stereocenters. The highest BCUT2D eigenvalue weighted by atomic mass is 16.4. The highest BCUT2D eigenvalue weighted by Crippen LogP contribution is 2.12. The van der Waals surface area contributed by atoms with Crippen molar-refractivity contribution in [3.05, 3.63) is 59.0 Å². The van der Waals surface area contributed by atoms with Crippen molar-refractivity contribution in [1.82, 2.24) is 0 Å². The summed E-state index contributed by atoms with van der Waals surface area (Å²) in [6, 6.07) is 10.5. The normalized spacial score (nSPS) is 10.9. The van der Waals surface area contributed by atoms with Crippen LogP contribution in [0.3, 0.4) is 0 Å². The van der Waals surface area contributed by atoms with Crippen LogP contribution in [0.15, 0.2) is 40.8 Å². The highest BCUT2D eigenvalue weighted by Gasteiger charge is 2.00. The molecule has 3 heteroatoms. The van der Waals surface area contributed by atoms with Gasteiger partial charge in [-0.05, 0) is 42.8 Å². The molecule has 0 unspecified atom stereocenters. The van der Waals surface area contributed by atoms with E-state index in [9.17, 15) is 4.79 Å². The molecular formula is C14H12O3. The van der Waals surface area contributed by atoms with Gasteiger partial charge in [0.1, 0.15) is 11.5 Å². The Morgan fingerprint density at radius 1 is 1.12 bits per heavy atom. The van der Waals surface area contributed by atoms with Crippen LogP contribution in [-0.2, 0) is 0 Å². The molecule has 3 nitrogen and oxygen atoms in total. The van der Waals surface area contributed by atoms with E-state index in [1.165, 1.54) is 0 Å². The SMILES string of the molecule is Cc1ccc(/C=C/c2ccc(C(=O)O)cc2)o1. The van der Waals surface area contributed by atoms with E-state index in [0.29, 0.717) is 0 Å². The second kappa shape index (κ2) is 4.70. The molecule has 1 N–H and O–H groups in total.